The van der Waals surface area contributed by atoms with Crippen molar-refractivity contribution in [3.63, 3.8) is 0 Å². The number of nitrogens with zero attached hydrogens (tertiary/aromatic N) is 5. The molecule has 0 saturated carbocycles. The maximum absolute atomic E-state index is 5.48. The van der Waals surface area contributed by atoms with Crippen molar-refractivity contribution < 1.29 is 4.74 Å². The van der Waals surface area contributed by atoms with Crippen molar-refractivity contribution in [2.45, 2.75) is 37.1 Å². The molecule has 0 radical (unpaired) electrons. The lowest BCUT2D eigenvalue weighted by Gasteiger charge is -2.09. The topological polar surface area (TPSA) is 104 Å². The Labute approximate surface area is 121 Å². The number of ether oxygens (including phenoxy) is 1. The first kappa shape index (κ1) is 14.5. The van der Waals surface area contributed by atoms with E-state index < -0.39 is 0 Å². The zero-order valence-electron chi connectivity index (χ0n) is 11.8. The second-order valence-electron chi connectivity index (χ2n) is 4.38. The van der Waals surface area contributed by atoms with E-state index in [9.17, 15) is 0 Å². The molecule has 20 heavy (non-hydrogen) atoms. The van der Waals surface area contributed by atoms with Crippen molar-refractivity contribution in [2.75, 3.05) is 5.43 Å². The summed E-state index contributed by atoms with van der Waals surface area (Å²) in [6.07, 6.45) is -0.0279. The lowest BCUT2D eigenvalue weighted by molar-refractivity contribution is 0.219. The highest BCUT2D eigenvalue weighted by Crippen LogP contribution is 2.26. The Hall–Kier alpha value is -1.87. The van der Waals surface area contributed by atoms with Gasteiger partial charge in [0.05, 0.1) is 11.8 Å². The van der Waals surface area contributed by atoms with Crippen LogP contribution in [0.3, 0.4) is 0 Å². The molecule has 0 fully saturated rings. The van der Waals surface area contributed by atoms with Crippen molar-refractivity contribution in [1.82, 2.24) is 24.7 Å². The SMILES string of the molecule is Cc1cc(Sc2nc(NN)nc(OC(C)C)n2)n(C)n1. The number of aromatic nitrogens is 5. The van der Waals surface area contributed by atoms with E-state index in [1.54, 1.807) is 4.68 Å². The second-order valence-corrected chi connectivity index (χ2v) is 5.37. The Morgan fingerprint density at radius 2 is 2.10 bits per heavy atom. The van der Waals surface area contributed by atoms with Crippen molar-refractivity contribution in [2.24, 2.45) is 12.9 Å². The summed E-state index contributed by atoms with van der Waals surface area (Å²) in [5.74, 6) is 5.62. The predicted molar refractivity (Wildman–Crippen MR) is 75.5 cm³/mol. The Kier molecular flexibility index (Phi) is 4.40. The van der Waals surface area contributed by atoms with Crippen LogP contribution in [0.2, 0.25) is 0 Å². The molecule has 2 aromatic rings. The van der Waals surface area contributed by atoms with Gasteiger partial charge in [-0.05, 0) is 38.6 Å². The van der Waals surface area contributed by atoms with E-state index in [1.165, 1.54) is 11.8 Å². The average Bonchev–Trinajstić information content (AvgIpc) is 2.66. The Morgan fingerprint density at radius 1 is 1.35 bits per heavy atom. The number of hydrogen-bond donors (Lipinski definition) is 2. The minimum Gasteiger partial charge on any atom is -0.461 e. The van der Waals surface area contributed by atoms with E-state index in [1.807, 2.05) is 33.9 Å². The molecule has 0 aliphatic heterocycles. The molecule has 0 aromatic carbocycles. The van der Waals surface area contributed by atoms with Gasteiger partial charge in [0.25, 0.3) is 0 Å². The number of rotatable bonds is 5. The van der Waals surface area contributed by atoms with Crippen molar-refractivity contribution >= 4 is 17.7 Å². The molecule has 0 aliphatic rings. The van der Waals surface area contributed by atoms with Crippen LogP contribution in [-0.2, 0) is 7.05 Å². The van der Waals surface area contributed by atoms with Crippen LogP contribution in [0, 0.1) is 6.92 Å². The van der Waals surface area contributed by atoms with Gasteiger partial charge in [-0.1, -0.05) is 0 Å². The van der Waals surface area contributed by atoms with Crippen LogP contribution in [0.25, 0.3) is 0 Å². The fourth-order valence-corrected chi connectivity index (χ4v) is 2.33. The van der Waals surface area contributed by atoms with Gasteiger partial charge in [0.1, 0.15) is 5.03 Å². The summed E-state index contributed by atoms with van der Waals surface area (Å²) < 4.78 is 7.24. The summed E-state index contributed by atoms with van der Waals surface area (Å²) in [6, 6.07) is 2.19. The first-order valence-electron chi connectivity index (χ1n) is 6.05. The largest absolute Gasteiger partial charge is 0.461 e. The van der Waals surface area contributed by atoms with Gasteiger partial charge in [-0.15, -0.1) is 0 Å². The highest BCUT2D eigenvalue weighted by molar-refractivity contribution is 7.99. The lowest BCUT2D eigenvalue weighted by Crippen LogP contribution is -2.15. The van der Waals surface area contributed by atoms with Crippen LogP contribution >= 0.6 is 11.8 Å². The van der Waals surface area contributed by atoms with Gasteiger partial charge in [-0.2, -0.15) is 20.1 Å². The number of hydrogen-bond acceptors (Lipinski definition) is 8. The number of nitrogens with two attached hydrogens (primary N) is 1. The fraction of sp³-hybridized carbons (Fsp3) is 0.455. The molecule has 2 heterocycles. The minimum atomic E-state index is -0.0279. The predicted octanol–water partition coefficient (Wildman–Crippen LogP) is 1.14. The van der Waals surface area contributed by atoms with Crippen LogP contribution in [0.4, 0.5) is 5.95 Å². The summed E-state index contributed by atoms with van der Waals surface area (Å²) in [5.41, 5.74) is 3.34. The zero-order valence-corrected chi connectivity index (χ0v) is 12.6. The van der Waals surface area contributed by atoms with Gasteiger partial charge >= 0.3 is 6.01 Å². The third-order valence-corrected chi connectivity index (χ3v) is 3.18. The maximum atomic E-state index is 5.48. The molecule has 0 bridgehead atoms. The Bertz CT molecular complexity index is 598. The van der Waals surface area contributed by atoms with Crippen LogP contribution in [-0.4, -0.2) is 30.8 Å². The summed E-state index contributed by atoms with van der Waals surface area (Å²) >= 11 is 1.37. The van der Waals surface area contributed by atoms with Crippen molar-refractivity contribution in [3.8, 4) is 6.01 Å². The third kappa shape index (κ3) is 3.58. The highest BCUT2D eigenvalue weighted by atomic mass is 32.2. The Balaban J connectivity index is 2.28. The summed E-state index contributed by atoms with van der Waals surface area (Å²) in [5, 5.41) is 5.69. The molecule has 3 N–H and O–H groups in total. The molecular weight excluding hydrogens is 278 g/mol. The second kappa shape index (κ2) is 6.06. The summed E-state index contributed by atoms with van der Waals surface area (Å²) in [4.78, 5) is 12.5. The van der Waals surface area contributed by atoms with E-state index in [0.717, 1.165) is 10.7 Å². The van der Waals surface area contributed by atoms with E-state index in [2.05, 4.69) is 25.5 Å². The molecule has 0 amide bonds. The quantitative estimate of drug-likeness (QED) is 0.625. The lowest BCUT2D eigenvalue weighted by atomic mass is 10.5. The van der Waals surface area contributed by atoms with Crippen molar-refractivity contribution in [1.29, 1.82) is 0 Å². The summed E-state index contributed by atoms with van der Waals surface area (Å²) in [6.45, 7) is 5.73. The molecule has 0 atom stereocenters. The zero-order chi connectivity index (χ0) is 14.7. The van der Waals surface area contributed by atoms with Crippen molar-refractivity contribution in [3.05, 3.63) is 11.8 Å². The molecule has 2 rings (SSSR count). The molecule has 9 heteroatoms. The molecule has 2 aromatic heterocycles. The number of hydrazine groups is 1. The van der Waals surface area contributed by atoms with Gasteiger partial charge < -0.3 is 4.74 Å². The first-order chi connectivity index (χ1) is 9.47. The Morgan fingerprint density at radius 3 is 2.65 bits per heavy atom. The number of nitrogens with one attached hydrogen (secondary N) is 1. The summed E-state index contributed by atoms with van der Waals surface area (Å²) in [7, 11) is 1.87. The van der Waals surface area contributed by atoms with Gasteiger partial charge in [0, 0.05) is 7.05 Å². The third-order valence-electron chi connectivity index (χ3n) is 2.22. The van der Waals surface area contributed by atoms with E-state index in [-0.39, 0.29) is 18.1 Å². The van der Waals surface area contributed by atoms with Crippen LogP contribution < -0.4 is 16.0 Å². The average molecular weight is 295 g/mol. The van der Waals surface area contributed by atoms with Crippen LogP contribution in [0.1, 0.15) is 19.5 Å². The highest BCUT2D eigenvalue weighted by Gasteiger charge is 2.12. The first-order valence-corrected chi connectivity index (χ1v) is 6.87. The molecule has 0 unspecified atom stereocenters. The number of aryl methyl sites for hydroxylation is 2. The van der Waals surface area contributed by atoms with Crippen LogP contribution in [0.15, 0.2) is 16.2 Å². The van der Waals surface area contributed by atoms with Gasteiger partial charge in [-0.25, -0.2) is 5.84 Å². The number of anilines is 1. The maximum Gasteiger partial charge on any atom is 0.322 e. The van der Waals surface area contributed by atoms with E-state index in [0.29, 0.717) is 5.16 Å². The van der Waals surface area contributed by atoms with Gasteiger partial charge in [0.15, 0.2) is 0 Å². The minimum absolute atomic E-state index is 0.0279. The molecule has 0 spiro atoms. The standard InChI is InChI=1S/C11H17N7OS/c1-6(2)19-10-13-9(16-12)14-11(15-10)20-8-5-7(3)17-18(8)4/h5-6H,12H2,1-4H3,(H,13,14,15,16). The fourth-order valence-electron chi connectivity index (χ4n) is 1.49. The molecule has 0 saturated heterocycles. The molecule has 0 aliphatic carbocycles. The van der Waals surface area contributed by atoms with Gasteiger partial charge in [-0.3, -0.25) is 10.1 Å². The van der Waals surface area contributed by atoms with E-state index in [4.69, 9.17) is 10.6 Å². The molecule has 108 valence electrons. The van der Waals surface area contributed by atoms with Gasteiger partial charge in [0.2, 0.25) is 11.1 Å². The molecule has 8 nitrogen and oxygen atoms in total. The van der Waals surface area contributed by atoms with E-state index >= 15 is 0 Å². The smallest absolute Gasteiger partial charge is 0.322 e. The monoisotopic (exact) mass is 295 g/mol. The normalized spacial score (nSPS) is 10.9. The molecular formula is C11H17N7OS. The van der Waals surface area contributed by atoms with Crippen LogP contribution in [0.5, 0.6) is 6.01 Å². The number of nitrogen functional groups attached to an aromatic ring is 1.